The summed E-state index contributed by atoms with van der Waals surface area (Å²) in [5.74, 6) is -0.566. The molecule has 5 rings (SSSR count). The Hall–Kier alpha value is -3.50. The summed E-state index contributed by atoms with van der Waals surface area (Å²) in [7, 11) is 1.49. The molecule has 0 spiro atoms. The molecule has 2 N–H and O–H groups in total. The van der Waals surface area contributed by atoms with Crippen LogP contribution in [0.25, 0.3) is 0 Å². The number of carbonyl (C=O) groups excluding carboxylic acids is 1. The number of alkyl halides is 3. The molecule has 2 bridgehead atoms. The van der Waals surface area contributed by atoms with E-state index in [1.807, 2.05) is 0 Å². The van der Waals surface area contributed by atoms with Crippen LogP contribution in [0.5, 0.6) is 11.5 Å². The molecule has 0 aromatic heterocycles. The van der Waals surface area contributed by atoms with Gasteiger partial charge in [-0.25, -0.2) is 0 Å². The summed E-state index contributed by atoms with van der Waals surface area (Å²) in [5.41, 5.74) is -1.11. The van der Waals surface area contributed by atoms with Gasteiger partial charge in [0.2, 0.25) is 5.91 Å². The van der Waals surface area contributed by atoms with Crippen molar-refractivity contribution >= 4 is 46.2 Å². The highest BCUT2D eigenvalue weighted by atomic mass is 35.5. The van der Waals surface area contributed by atoms with Crippen molar-refractivity contribution in [3.8, 4) is 11.5 Å². The van der Waals surface area contributed by atoms with Gasteiger partial charge in [-0.15, -0.1) is 0 Å². The van der Waals surface area contributed by atoms with Gasteiger partial charge in [0.1, 0.15) is 5.92 Å². The first-order chi connectivity index (χ1) is 17.5. The van der Waals surface area contributed by atoms with E-state index in [4.69, 9.17) is 33.3 Å². The predicted octanol–water partition coefficient (Wildman–Crippen LogP) is 6.17. The van der Waals surface area contributed by atoms with Crippen LogP contribution in [0.15, 0.2) is 66.7 Å². The second kappa shape index (κ2) is 9.11. The molecule has 37 heavy (non-hydrogen) atoms. The first-order valence-corrected chi connectivity index (χ1v) is 12.0. The van der Waals surface area contributed by atoms with Gasteiger partial charge in [0, 0.05) is 22.0 Å². The second-order valence-electron chi connectivity index (χ2n) is 8.82. The topological polar surface area (TPSA) is 62.8 Å². The van der Waals surface area contributed by atoms with Crippen LogP contribution in [-0.2, 0) is 11.0 Å². The van der Waals surface area contributed by atoms with Crippen molar-refractivity contribution in [1.82, 2.24) is 5.32 Å². The van der Waals surface area contributed by atoms with Gasteiger partial charge in [0.15, 0.2) is 22.3 Å². The Balaban J connectivity index is 1.65. The van der Waals surface area contributed by atoms with Crippen LogP contribution in [-0.4, -0.2) is 23.9 Å². The Morgan fingerprint density at radius 1 is 1.16 bits per heavy atom. The molecule has 2 aliphatic heterocycles. The van der Waals surface area contributed by atoms with Crippen LogP contribution in [0.2, 0.25) is 5.02 Å². The molecule has 0 saturated carbocycles. The lowest BCUT2D eigenvalue weighted by Gasteiger charge is -2.56. The van der Waals surface area contributed by atoms with Crippen molar-refractivity contribution in [3.63, 3.8) is 0 Å². The molecule has 1 saturated heterocycles. The van der Waals surface area contributed by atoms with Gasteiger partial charge in [0.05, 0.1) is 18.7 Å². The monoisotopic (exact) mass is 547 g/mol. The maximum Gasteiger partial charge on any atom is 0.416 e. The largest absolute Gasteiger partial charge is 0.493 e. The fourth-order valence-corrected chi connectivity index (χ4v) is 5.43. The summed E-state index contributed by atoms with van der Waals surface area (Å²) in [6.07, 6.45) is -4.57. The summed E-state index contributed by atoms with van der Waals surface area (Å²) < 4.78 is 52.7. The van der Waals surface area contributed by atoms with Gasteiger partial charge in [0.25, 0.3) is 0 Å². The van der Waals surface area contributed by atoms with E-state index >= 15 is 0 Å². The number of rotatable bonds is 4. The zero-order chi connectivity index (χ0) is 26.5. The smallest absolute Gasteiger partial charge is 0.416 e. The normalized spacial score (nSPS) is 22.4. The summed E-state index contributed by atoms with van der Waals surface area (Å²) in [5, 5.41) is 6.67. The fraction of sp³-hybridized carbons (Fsp3) is 0.231. The number of methoxy groups -OCH3 is 1. The number of ether oxygens (including phenoxy) is 2. The van der Waals surface area contributed by atoms with Gasteiger partial charge >= 0.3 is 6.18 Å². The van der Waals surface area contributed by atoms with Gasteiger partial charge in [-0.1, -0.05) is 29.8 Å². The van der Waals surface area contributed by atoms with Gasteiger partial charge in [-0.2, -0.15) is 13.2 Å². The molecule has 3 atom stereocenters. The van der Waals surface area contributed by atoms with Crippen LogP contribution in [0.3, 0.4) is 0 Å². The number of hydrogen-bond acceptors (Lipinski definition) is 4. The van der Waals surface area contributed by atoms with E-state index in [0.717, 1.165) is 12.1 Å². The van der Waals surface area contributed by atoms with Crippen molar-refractivity contribution in [3.05, 3.63) is 82.9 Å². The summed E-state index contributed by atoms with van der Waals surface area (Å²) in [6, 6.07) is 15.9. The number of fused-ring (bicyclic) bond motifs is 4. The highest BCUT2D eigenvalue weighted by Gasteiger charge is 2.59. The average Bonchev–Trinajstić information content (AvgIpc) is 2.84. The van der Waals surface area contributed by atoms with Gasteiger partial charge < -0.3 is 20.1 Å². The average molecular weight is 548 g/mol. The minimum Gasteiger partial charge on any atom is -0.493 e. The third kappa shape index (κ3) is 4.34. The highest BCUT2D eigenvalue weighted by Crippen LogP contribution is 2.52. The van der Waals surface area contributed by atoms with E-state index in [1.54, 1.807) is 49.4 Å². The van der Waals surface area contributed by atoms with E-state index in [2.05, 4.69) is 10.6 Å². The van der Waals surface area contributed by atoms with Gasteiger partial charge in [-0.3, -0.25) is 9.69 Å². The van der Waals surface area contributed by atoms with Crippen LogP contribution in [0, 0.1) is 5.92 Å². The Kier molecular flexibility index (Phi) is 6.19. The molecule has 192 valence electrons. The quantitative estimate of drug-likeness (QED) is 0.381. The van der Waals surface area contributed by atoms with E-state index < -0.39 is 35.3 Å². The number of para-hydroxylation sites is 1. The van der Waals surface area contributed by atoms with Crippen LogP contribution in [0.4, 0.5) is 24.5 Å². The van der Waals surface area contributed by atoms with Crippen molar-refractivity contribution in [1.29, 1.82) is 0 Å². The summed E-state index contributed by atoms with van der Waals surface area (Å²) in [4.78, 5) is 15.2. The highest BCUT2D eigenvalue weighted by molar-refractivity contribution is 7.80. The number of nitrogens with zero attached hydrogens (tertiary/aromatic N) is 1. The van der Waals surface area contributed by atoms with Crippen LogP contribution < -0.4 is 25.0 Å². The molecule has 2 heterocycles. The molecule has 0 aliphatic carbocycles. The maximum absolute atomic E-state index is 13.8. The molecular weight excluding hydrogens is 527 g/mol. The van der Waals surface area contributed by atoms with E-state index in [9.17, 15) is 18.0 Å². The number of benzene rings is 3. The Morgan fingerprint density at radius 2 is 1.86 bits per heavy atom. The Labute approximate surface area is 221 Å². The third-order valence-electron chi connectivity index (χ3n) is 6.54. The SMILES string of the molecule is COc1cccc2c1O[C@]1(C)[C@H](C(=O)Nc3ccc(Cl)cc3)[C@@H]2NC(=S)N1c1cccc(C(F)(F)F)c1. The number of halogens is 4. The molecule has 6 nitrogen and oxygen atoms in total. The minimum atomic E-state index is -4.57. The van der Waals surface area contributed by atoms with Crippen molar-refractivity contribution in [2.45, 2.75) is 24.9 Å². The standard InChI is InChI=1S/C26H21ClF3N3O3S/c1-25-20(23(34)31-16-11-9-15(27)10-12-16)21(18-7-4-8-19(35-2)22(18)36-25)32-24(37)33(25)17-6-3-5-14(13-17)26(28,29)30/h3-13,20-21H,1-2H3,(H,31,34)(H,32,37)/t20-,21+,25+/m0/s1. The summed E-state index contributed by atoms with van der Waals surface area (Å²) >= 11 is 11.6. The molecule has 3 aromatic rings. The first kappa shape index (κ1) is 25.2. The number of amides is 1. The van der Waals surface area contributed by atoms with Crippen LogP contribution in [0.1, 0.15) is 24.1 Å². The lowest BCUT2D eigenvalue weighted by molar-refractivity contribution is -0.137. The zero-order valence-corrected chi connectivity index (χ0v) is 21.2. The first-order valence-electron chi connectivity index (χ1n) is 11.2. The molecule has 3 aromatic carbocycles. The fourth-order valence-electron chi connectivity index (χ4n) is 4.89. The number of carbonyl (C=O) groups is 1. The molecule has 0 unspecified atom stereocenters. The van der Waals surface area contributed by atoms with E-state index in [-0.39, 0.29) is 10.8 Å². The second-order valence-corrected chi connectivity index (χ2v) is 9.64. The predicted molar refractivity (Wildman–Crippen MR) is 138 cm³/mol. The molecule has 2 aliphatic rings. The zero-order valence-electron chi connectivity index (χ0n) is 19.6. The van der Waals surface area contributed by atoms with Crippen molar-refractivity contribution < 1.29 is 27.4 Å². The van der Waals surface area contributed by atoms with Gasteiger partial charge in [-0.05, 0) is 67.7 Å². The molecule has 0 radical (unpaired) electrons. The van der Waals surface area contributed by atoms with E-state index in [0.29, 0.717) is 27.8 Å². The van der Waals surface area contributed by atoms with E-state index in [1.165, 1.54) is 24.1 Å². The Morgan fingerprint density at radius 3 is 2.54 bits per heavy atom. The minimum absolute atomic E-state index is 0.121. The number of anilines is 2. The molecule has 1 fully saturated rings. The Bertz CT molecular complexity index is 1390. The lowest BCUT2D eigenvalue weighted by Crippen LogP contribution is -2.72. The van der Waals surface area contributed by atoms with Crippen molar-refractivity contribution in [2.75, 3.05) is 17.3 Å². The number of hydrogen-bond donors (Lipinski definition) is 2. The summed E-state index contributed by atoms with van der Waals surface area (Å²) in [6.45, 7) is 1.63. The number of nitrogens with one attached hydrogen (secondary N) is 2. The molecule has 1 amide bonds. The maximum atomic E-state index is 13.8. The molecular formula is C26H21ClF3N3O3S. The number of thiocarbonyl (C=S) groups is 1. The van der Waals surface area contributed by atoms with Crippen molar-refractivity contribution in [2.24, 2.45) is 5.92 Å². The third-order valence-corrected chi connectivity index (χ3v) is 7.09. The lowest BCUT2D eigenvalue weighted by atomic mass is 9.78. The molecule has 11 heteroatoms. The van der Waals surface area contributed by atoms with Crippen LogP contribution >= 0.6 is 23.8 Å².